The molecule has 7 nitrogen and oxygen atoms in total. The number of hydrogen-bond donors (Lipinski definition) is 1. The van der Waals surface area contributed by atoms with E-state index < -0.39 is 29.8 Å². The van der Waals surface area contributed by atoms with Crippen LogP contribution < -0.4 is 15.7 Å². The number of benzene rings is 2. The van der Waals surface area contributed by atoms with Gasteiger partial charge < -0.3 is 19.2 Å². The van der Waals surface area contributed by atoms with Crippen molar-refractivity contribution in [3.05, 3.63) is 74.6 Å². The zero-order valence-corrected chi connectivity index (χ0v) is 19.0. The molecule has 0 spiro atoms. The van der Waals surface area contributed by atoms with Gasteiger partial charge in [-0.3, -0.25) is 0 Å². The lowest BCUT2D eigenvalue weighted by Gasteiger charge is -2.19. The number of ether oxygens (including phenoxy) is 2. The molecule has 1 amide bonds. The number of halogens is 1. The van der Waals surface area contributed by atoms with Crippen LogP contribution in [-0.2, 0) is 16.0 Å². The lowest BCUT2D eigenvalue weighted by molar-refractivity contribution is -0.133. The molecule has 8 heteroatoms. The standard InChI is InChI=1S/C24H24ClNO6/c1-14-16-11-18(25)20(30-21(27)13-26-23(29)32-24(2,3)4)12-19(16)31-22(28)17(14)10-15-8-6-5-7-9-15/h5-9,11-12H,10,13H2,1-4H3,(H,26,29). The summed E-state index contributed by atoms with van der Waals surface area (Å²) in [4.78, 5) is 36.4. The lowest BCUT2D eigenvalue weighted by Crippen LogP contribution is -2.36. The Balaban J connectivity index is 1.79. The minimum atomic E-state index is -0.753. The van der Waals surface area contributed by atoms with Crippen molar-refractivity contribution >= 4 is 34.6 Å². The molecule has 3 rings (SSSR count). The van der Waals surface area contributed by atoms with Crippen LogP contribution in [0.2, 0.25) is 5.02 Å². The summed E-state index contributed by atoms with van der Waals surface area (Å²) in [6, 6.07) is 12.6. The summed E-state index contributed by atoms with van der Waals surface area (Å²) in [5.41, 5.74) is 1.35. The second-order valence-electron chi connectivity index (χ2n) is 8.26. The maximum absolute atomic E-state index is 12.6. The molecule has 0 aliphatic heterocycles. The van der Waals surface area contributed by atoms with Gasteiger partial charge >= 0.3 is 17.7 Å². The summed E-state index contributed by atoms with van der Waals surface area (Å²) in [5.74, 6) is -0.731. The van der Waals surface area contributed by atoms with Crippen molar-refractivity contribution in [2.45, 2.75) is 39.7 Å². The molecule has 168 valence electrons. The van der Waals surface area contributed by atoms with Crippen LogP contribution in [-0.4, -0.2) is 24.2 Å². The number of hydrogen-bond acceptors (Lipinski definition) is 6. The summed E-state index contributed by atoms with van der Waals surface area (Å²) >= 11 is 6.31. The van der Waals surface area contributed by atoms with Crippen LogP contribution in [0.1, 0.15) is 37.5 Å². The number of amides is 1. The van der Waals surface area contributed by atoms with Gasteiger partial charge in [-0.05, 0) is 44.9 Å². The Morgan fingerprint density at radius 1 is 1.12 bits per heavy atom. The Bertz CT molecular complexity index is 1210. The molecule has 32 heavy (non-hydrogen) atoms. The maximum atomic E-state index is 12.6. The Labute approximate surface area is 190 Å². The molecule has 3 aromatic rings. The minimum Gasteiger partial charge on any atom is -0.444 e. The SMILES string of the molecule is Cc1c(Cc2ccccc2)c(=O)oc2cc(OC(=O)CNC(=O)OC(C)(C)C)c(Cl)cc12. The highest BCUT2D eigenvalue weighted by molar-refractivity contribution is 6.33. The number of aryl methyl sites for hydroxylation is 1. The molecular weight excluding hydrogens is 434 g/mol. The van der Waals surface area contributed by atoms with Gasteiger partial charge in [-0.1, -0.05) is 41.9 Å². The molecule has 2 aromatic carbocycles. The van der Waals surface area contributed by atoms with Crippen LogP contribution in [0.25, 0.3) is 11.0 Å². The molecule has 0 radical (unpaired) electrons. The number of alkyl carbamates (subject to hydrolysis) is 1. The molecule has 1 heterocycles. The van der Waals surface area contributed by atoms with Crippen LogP contribution in [0.5, 0.6) is 5.75 Å². The highest BCUT2D eigenvalue weighted by Crippen LogP contribution is 2.32. The van der Waals surface area contributed by atoms with Crippen molar-refractivity contribution in [1.82, 2.24) is 5.32 Å². The van der Waals surface area contributed by atoms with Crippen LogP contribution in [0.3, 0.4) is 0 Å². The molecule has 1 aromatic heterocycles. The second-order valence-corrected chi connectivity index (χ2v) is 8.67. The van der Waals surface area contributed by atoms with E-state index in [2.05, 4.69) is 5.32 Å². The average molecular weight is 458 g/mol. The summed E-state index contributed by atoms with van der Waals surface area (Å²) in [7, 11) is 0. The van der Waals surface area contributed by atoms with Crippen molar-refractivity contribution in [3.8, 4) is 5.75 Å². The third-order valence-electron chi connectivity index (χ3n) is 4.56. The van der Waals surface area contributed by atoms with E-state index in [4.69, 9.17) is 25.5 Å². The number of fused-ring (bicyclic) bond motifs is 1. The van der Waals surface area contributed by atoms with Gasteiger partial charge in [0.2, 0.25) is 0 Å². The number of esters is 1. The van der Waals surface area contributed by atoms with E-state index in [9.17, 15) is 14.4 Å². The van der Waals surface area contributed by atoms with Gasteiger partial charge in [0.15, 0.2) is 5.75 Å². The van der Waals surface area contributed by atoms with E-state index in [1.807, 2.05) is 37.3 Å². The monoisotopic (exact) mass is 457 g/mol. The average Bonchev–Trinajstić information content (AvgIpc) is 2.71. The summed E-state index contributed by atoms with van der Waals surface area (Å²) < 4.78 is 15.8. The highest BCUT2D eigenvalue weighted by atomic mass is 35.5. The molecule has 0 atom stereocenters. The van der Waals surface area contributed by atoms with Gasteiger partial charge in [-0.2, -0.15) is 0 Å². The van der Waals surface area contributed by atoms with E-state index in [0.29, 0.717) is 17.4 Å². The predicted molar refractivity (Wildman–Crippen MR) is 121 cm³/mol. The molecule has 0 bridgehead atoms. The first kappa shape index (κ1) is 23.3. The van der Waals surface area contributed by atoms with Gasteiger partial charge in [-0.15, -0.1) is 0 Å². The smallest absolute Gasteiger partial charge is 0.408 e. The molecule has 0 aliphatic rings. The Kier molecular flexibility index (Phi) is 6.89. The van der Waals surface area contributed by atoms with Crippen molar-refractivity contribution < 1.29 is 23.5 Å². The van der Waals surface area contributed by atoms with Crippen molar-refractivity contribution in [2.75, 3.05) is 6.54 Å². The van der Waals surface area contributed by atoms with Crippen LogP contribution >= 0.6 is 11.6 Å². The van der Waals surface area contributed by atoms with Crippen LogP contribution in [0.15, 0.2) is 51.7 Å². The van der Waals surface area contributed by atoms with Crippen LogP contribution in [0, 0.1) is 6.92 Å². The minimum absolute atomic E-state index is 0.0218. The number of carbonyl (C=O) groups excluding carboxylic acids is 2. The Hall–Kier alpha value is -3.32. The topological polar surface area (TPSA) is 94.8 Å². The highest BCUT2D eigenvalue weighted by Gasteiger charge is 2.19. The molecule has 0 saturated carbocycles. The van der Waals surface area contributed by atoms with Gasteiger partial charge in [0.05, 0.1) is 5.02 Å². The molecule has 1 N–H and O–H groups in total. The zero-order chi connectivity index (χ0) is 23.5. The lowest BCUT2D eigenvalue weighted by atomic mass is 9.99. The molecule has 0 fully saturated rings. The van der Waals surface area contributed by atoms with Gasteiger partial charge in [0.25, 0.3) is 0 Å². The van der Waals surface area contributed by atoms with E-state index in [-0.39, 0.29) is 16.4 Å². The van der Waals surface area contributed by atoms with Gasteiger partial charge in [-0.25, -0.2) is 14.4 Å². The second kappa shape index (κ2) is 9.44. The third kappa shape index (κ3) is 5.88. The largest absolute Gasteiger partial charge is 0.444 e. The Morgan fingerprint density at radius 3 is 2.47 bits per heavy atom. The summed E-state index contributed by atoms with van der Waals surface area (Å²) in [6.45, 7) is 6.54. The third-order valence-corrected chi connectivity index (χ3v) is 4.86. The first-order valence-corrected chi connectivity index (χ1v) is 10.4. The number of nitrogens with one attached hydrogen (secondary N) is 1. The predicted octanol–water partition coefficient (Wildman–Crippen LogP) is 4.78. The molecule has 0 saturated heterocycles. The first-order chi connectivity index (χ1) is 15.0. The normalized spacial score (nSPS) is 11.3. The summed E-state index contributed by atoms with van der Waals surface area (Å²) in [5, 5.41) is 3.13. The van der Waals surface area contributed by atoms with Crippen molar-refractivity contribution in [2.24, 2.45) is 0 Å². The van der Waals surface area contributed by atoms with E-state index >= 15 is 0 Å². The fourth-order valence-electron chi connectivity index (χ4n) is 3.09. The van der Waals surface area contributed by atoms with Crippen LogP contribution in [0.4, 0.5) is 4.79 Å². The fraction of sp³-hybridized carbons (Fsp3) is 0.292. The van der Waals surface area contributed by atoms with Crippen molar-refractivity contribution in [3.63, 3.8) is 0 Å². The fourth-order valence-corrected chi connectivity index (χ4v) is 3.29. The summed E-state index contributed by atoms with van der Waals surface area (Å²) in [6.07, 6.45) is -0.318. The number of carbonyl (C=O) groups is 2. The van der Waals surface area contributed by atoms with E-state index in [1.165, 1.54) is 6.07 Å². The quantitative estimate of drug-likeness (QED) is 0.336. The first-order valence-electron chi connectivity index (χ1n) is 10.0. The maximum Gasteiger partial charge on any atom is 0.408 e. The van der Waals surface area contributed by atoms with Gasteiger partial charge in [0, 0.05) is 23.4 Å². The zero-order valence-electron chi connectivity index (χ0n) is 18.3. The Morgan fingerprint density at radius 2 is 1.81 bits per heavy atom. The van der Waals surface area contributed by atoms with E-state index in [0.717, 1.165) is 11.1 Å². The molecular formula is C24H24ClNO6. The van der Waals surface area contributed by atoms with Gasteiger partial charge in [0.1, 0.15) is 17.7 Å². The van der Waals surface area contributed by atoms with Crippen molar-refractivity contribution in [1.29, 1.82) is 0 Å². The van der Waals surface area contributed by atoms with E-state index in [1.54, 1.807) is 26.8 Å². The molecule has 0 aliphatic carbocycles. The number of rotatable bonds is 5. The molecule has 0 unspecified atom stereocenters.